The zero-order valence-electron chi connectivity index (χ0n) is 9.99. The number of carbonyl (C=O) groups excluding carboxylic acids is 1. The number of benzene rings is 1. The lowest BCUT2D eigenvalue weighted by Gasteiger charge is -2.03. The zero-order chi connectivity index (χ0) is 13.4. The number of nitrogens with one attached hydrogen (secondary N) is 2. The van der Waals surface area contributed by atoms with Crippen LogP contribution in [0.4, 0.5) is 4.39 Å². The topological polar surface area (TPSA) is 44.9 Å². The van der Waals surface area contributed by atoms with Gasteiger partial charge in [0.25, 0.3) is 5.91 Å². The van der Waals surface area contributed by atoms with Gasteiger partial charge in [-0.15, -0.1) is 0 Å². The fourth-order valence-corrected chi connectivity index (χ4v) is 2.34. The van der Waals surface area contributed by atoms with Crippen LogP contribution in [0.15, 0.2) is 36.5 Å². The monoisotopic (exact) mass is 278 g/mol. The van der Waals surface area contributed by atoms with Crippen LogP contribution in [0, 0.1) is 5.82 Å². The first-order valence-electron chi connectivity index (χ1n) is 6.04. The summed E-state index contributed by atoms with van der Waals surface area (Å²) in [6.07, 6.45) is 2.45. The highest BCUT2D eigenvalue weighted by atomic mass is 35.5. The van der Waals surface area contributed by atoms with E-state index in [1.165, 1.54) is 12.1 Å². The molecule has 98 valence electrons. The Bertz CT molecular complexity index is 608. The van der Waals surface area contributed by atoms with Gasteiger partial charge in [-0.1, -0.05) is 23.7 Å². The van der Waals surface area contributed by atoms with Gasteiger partial charge >= 0.3 is 0 Å². The van der Waals surface area contributed by atoms with Crippen molar-refractivity contribution in [2.75, 3.05) is 0 Å². The number of halogens is 2. The van der Waals surface area contributed by atoms with E-state index >= 15 is 0 Å². The van der Waals surface area contributed by atoms with Crippen molar-refractivity contribution in [2.24, 2.45) is 0 Å². The zero-order valence-corrected chi connectivity index (χ0v) is 10.7. The molecule has 0 radical (unpaired) electrons. The van der Waals surface area contributed by atoms with Crippen LogP contribution < -0.4 is 5.32 Å². The molecular formula is C14H12ClFN2O. The van der Waals surface area contributed by atoms with E-state index in [0.29, 0.717) is 10.7 Å². The van der Waals surface area contributed by atoms with E-state index in [9.17, 15) is 9.18 Å². The van der Waals surface area contributed by atoms with Crippen LogP contribution in [0.5, 0.6) is 0 Å². The molecule has 1 fully saturated rings. The summed E-state index contributed by atoms with van der Waals surface area (Å²) in [5, 5.41) is 3.43. The molecule has 3 rings (SSSR count). The van der Waals surface area contributed by atoms with Crippen LogP contribution in [0.3, 0.4) is 0 Å². The molecular weight excluding hydrogens is 267 g/mol. The Hall–Kier alpha value is -1.81. The molecule has 1 amide bonds. The summed E-state index contributed by atoms with van der Waals surface area (Å²) >= 11 is 5.75. The lowest BCUT2D eigenvalue weighted by molar-refractivity contribution is 0.0946. The van der Waals surface area contributed by atoms with Crippen LogP contribution in [0.2, 0.25) is 5.02 Å². The molecule has 1 aromatic carbocycles. The summed E-state index contributed by atoms with van der Waals surface area (Å²) in [5.41, 5.74) is 1.51. The number of hydrogen-bond acceptors (Lipinski definition) is 1. The fraction of sp³-hybridized carbons (Fsp3) is 0.214. The Labute approximate surface area is 114 Å². The van der Waals surface area contributed by atoms with Gasteiger partial charge in [-0.2, -0.15) is 0 Å². The third kappa shape index (κ3) is 2.63. The number of hydrogen-bond donors (Lipinski definition) is 2. The van der Waals surface area contributed by atoms with Crippen molar-refractivity contribution >= 4 is 17.5 Å². The van der Waals surface area contributed by atoms with Crippen molar-refractivity contribution in [1.29, 1.82) is 0 Å². The summed E-state index contributed by atoms with van der Waals surface area (Å²) < 4.78 is 12.8. The Balaban J connectivity index is 1.61. The maximum absolute atomic E-state index is 12.8. The van der Waals surface area contributed by atoms with Crippen molar-refractivity contribution < 1.29 is 9.18 Å². The van der Waals surface area contributed by atoms with E-state index in [1.807, 2.05) is 0 Å². The van der Waals surface area contributed by atoms with Crippen LogP contribution in [0.25, 0.3) is 0 Å². The lowest BCUT2D eigenvalue weighted by Crippen LogP contribution is -2.26. The van der Waals surface area contributed by atoms with Gasteiger partial charge in [-0.3, -0.25) is 4.79 Å². The van der Waals surface area contributed by atoms with Gasteiger partial charge in [0.2, 0.25) is 0 Å². The Morgan fingerprint density at radius 3 is 2.74 bits per heavy atom. The van der Waals surface area contributed by atoms with Crippen LogP contribution >= 0.6 is 11.6 Å². The van der Waals surface area contributed by atoms with Crippen LogP contribution in [-0.2, 0) is 0 Å². The molecule has 1 saturated carbocycles. The average Bonchev–Trinajstić information content (AvgIpc) is 3.00. The second-order valence-electron chi connectivity index (χ2n) is 4.71. The first-order valence-corrected chi connectivity index (χ1v) is 6.41. The molecule has 1 heterocycles. The molecule has 2 aromatic rings. The second kappa shape index (κ2) is 4.70. The maximum atomic E-state index is 12.8. The van der Waals surface area contributed by atoms with Crippen LogP contribution in [0.1, 0.15) is 28.4 Å². The normalized spacial score (nSPS) is 21.2. The van der Waals surface area contributed by atoms with E-state index in [-0.39, 0.29) is 23.7 Å². The van der Waals surface area contributed by atoms with E-state index < -0.39 is 0 Å². The SMILES string of the molecule is O=C(N[C@H]1C[C@@H]1c1ccc(F)cc1)c1cc(Cl)c[nH]1. The largest absolute Gasteiger partial charge is 0.356 e. The predicted octanol–water partition coefficient (Wildman–Crippen LogP) is 3.09. The minimum absolute atomic E-state index is 0.111. The highest BCUT2D eigenvalue weighted by molar-refractivity contribution is 6.30. The molecule has 0 spiro atoms. The van der Waals surface area contributed by atoms with Gasteiger partial charge in [0.05, 0.1) is 5.02 Å². The van der Waals surface area contributed by atoms with Gasteiger partial charge in [0.1, 0.15) is 11.5 Å². The van der Waals surface area contributed by atoms with Gasteiger partial charge in [0, 0.05) is 18.2 Å². The molecule has 0 unspecified atom stereocenters. The van der Waals surface area contributed by atoms with Crippen molar-refractivity contribution in [2.45, 2.75) is 18.4 Å². The van der Waals surface area contributed by atoms with E-state index in [0.717, 1.165) is 12.0 Å². The van der Waals surface area contributed by atoms with Crippen molar-refractivity contribution in [3.05, 3.63) is 58.6 Å². The second-order valence-corrected chi connectivity index (χ2v) is 5.14. The van der Waals surface area contributed by atoms with E-state index in [2.05, 4.69) is 10.3 Å². The molecule has 2 N–H and O–H groups in total. The number of carbonyl (C=O) groups is 1. The van der Waals surface area contributed by atoms with Crippen molar-refractivity contribution in [1.82, 2.24) is 10.3 Å². The third-order valence-corrected chi connectivity index (χ3v) is 3.52. The first kappa shape index (κ1) is 12.2. The van der Waals surface area contributed by atoms with Gasteiger partial charge < -0.3 is 10.3 Å². The molecule has 1 aliphatic carbocycles. The molecule has 1 aromatic heterocycles. The predicted molar refractivity (Wildman–Crippen MR) is 70.8 cm³/mol. The smallest absolute Gasteiger partial charge is 0.267 e. The molecule has 0 aliphatic heterocycles. The third-order valence-electron chi connectivity index (χ3n) is 3.30. The lowest BCUT2D eigenvalue weighted by atomic mass is 10.1. The fourth-order valence-electron chi connectivity index (χ4n) is 2.18. The summed E-state index contributed by atoms with van der Waals surface area (Å²) in [5.74, 6) is -0.137. The van der Waals surface area contributed by atoms with Crippen LogP contribution in [-0.4, -0.2) is 16.9 Å². The number of H-pyrrole nitrogens is 1. The average molecular weight is 279 g/mol. The number of aromatic amines is 1. The molecule has 0 saturated heterocycles. The van der Waals surface area contributed by atoms with Gasteiger partial charge in [0.15, 0.2) is 0 Å². The van der Waals surface area contributed by atoms with E-state index in [1.54, 1.807) is 24.4 Å². The molecule has 5 heteroatoms. The maximum Gasteiger partial charge on any atom is 0.267 e. The van der Waals surface area contributed by atoms with Gasteiger partial charge in [-0.25, -0.2) is 4.39 Å². The highest BCUT2D eigenvalue weighted by Crippen LogP contribution is 2.40. The highest BCUT2D eigenvalue weighted by Gasteiger charge is 2.39. The Morgan fingerprint density at radius 1 is 1.37 bits per heavy atom. The molecule has 1 aliphatic rings. The van der Waals surface area contributed by atoms with Gasteiger partial charge in [-0.05, 0) is 30.2 Å². The molecule has 3 nitrogen and oxygen atoms in total. The summed E-state index contributed by atoms with van der Waals surface area (Å²) in [6.45, 7) is 0. The molecule has 19 heavy (non-hydrogen) atoms. The summed E-state index contributed by atoms with van der Waals surface area (Å²) in [4.78, 5) is 14.7. The van der Waals surface area contributed by atoms with Crippen molar-refractivity contribution in [3.8, 4) is 0 Å². The minimum atomic E-state index is -0.244. The number of amides is 1. The van der Waals surface area contributed by atoms with Crippen molar-refractivity contribution in [3.63, 3.8) is 0 Å². The molecule has 2 atom stereocenters. The standard InChI is InChI=1S/C14H12ClFN2O/c15-9-5-13(17-7-9)14(19)18-12-6-11(12)8-1-3-10(16)4-2-8/h1-5,7,11-12,17H,6H2,(H,18,19)/t11-,12+/m1/s1. The van der Waals surface area contributed by atoms with E-state index in [4.69, 9.17) is 11.6 Å². The minimum Gasteiger partial charge on any atom is -0.356 e. The Morgan fingerprint density at radius 2 is 2.11 bits per heavy atom. The Kier molecular flexibility index (Phi) is 3.03. The quantitative estimate of drug-likeness (QED) is 0.890. The summed E-state index contributed by atoms with van der Waals surface area (Å²) in [7, 11) is 0. The summed E-state index contributed by atoms with van der Waals surface area (Å²) in [6, 6.07) is 8.11. The first-order chi connectivity index (χ1) is 9.13. The number of rotatable bonds is 3. The molecule has 0 bridgehead atoms. The number of aromatic nitrogens is 1.